The molecule has 0 amide bonds. The lowest BCUT2D eigenvalue weighted by molar-refractivity contribution is 0.576. The molecule has 0 aliphatic rings. The highest BCUT2D eigenvalue weighted by Crippen LogP contribution is 2.36. The number of furan rings is 2. The van der Waals surface area contributed by atoms with E-state index in [1.807, 2.05) is 0 Å². The molecule has 6 rings (SSSR count). The fraction of sp³-hybridized carbons (Fsp3) is 0. The molecule has 0 atom stereocenters. The van der Waals surface area contributed by atoms with Gasteiger partial charge >= 0.3 is 0 Å². The number of nitrogens with zero attached hydrogens (tertiary/aromatic N) is 7. The highest BCUT2D eigenvalue weighted by Gasteiger charge is 2.17. The molecule has 0 fully saturated rings. The average molecular weight is 479 g/mol. The molecule has 0 aromatic carbocycles. The lowest BCUT2D eigenvalue weighted by atomic mass is 10.2. The van der Waals surface area contributed by atoms with E-state index in [1.165, 1.54) is 18.9 Å². The molecule has 13 nitrogen and oxygen atoms in total. The third-order valence-electron chi connectivity index (χ3n) is 5.38. The molecular weight excluding hydrogens is 462 g/mol. The van der Waals surface area contributed by atoms with Crippen LogP contribution in [0.25, 0.3) is 33.3 Å². The van der Waals surface area contributed by atoms with Crippen molar-refractivity contribution < 1.29 is 8.83 Å². The molecule has 0 unspecified atom stereocenters. The molecule has 6 heterocycles. The molecule has 0 spiro atoms. The van der Waals surface area contributed by atoms with Crippen LogP contribution in [-0.4, -0.2) is 35.3 Å². The molecule has 0 radical (unpaired) electrons. The molecule has 0 saturated heterocycles. The van der Waals surface area contributed by atoms with E-state index in [2.05, 4.69) is 45.7 Å². The van der Waals surface area contributed by atoms with Crippen molar-refractivity contribution in [3.63, 3.8) is 0 Å². The van der Waals surface area contributed by atoms with E-state index in [0.29, 0.717) is 61.9 Å². The summed E-state index contributed by atoms with van der Waals surface area (Å²) >= 11 is 0. The van der Waals surface area contributed by atoms with E-state index in [4.69, 9.17) is 20.3 Å². The Kier molecular flexibility index (Phi) is 5.04. The normalized spacial score (nSPS) is 11.7. The Morgan fingerprint density at radius 3 is 2.25 bits per heavy atom. The van der Waals surface area contributed by atoms with Crippen LogP contribution in [0.2, 0.25) is 0 Å². The summed E-state index contributed by atoms with van der Waals surface area (Å²) in [5.74, 6) is 0.939. The van der Waals surface area contributed by atoms with Gasteiger partial charge in [0.15, 0.2) is 5.49 Å². The zero-order chi connectivity index (χ0) is 24.5. The summed E-state index contributed by atoms with van der Waals surface area (Å²) in [5.41, 5.74) is 16.0. The monoisotopic (exact) mass is 479 g/mol. The van der Waals surface area contributed by atoms with Crippen molar-refractivity contribution in [2.45, 2.75) is 0 Å². The highest BCUT2D eigenvalue weighted by atomic mass is 16.3. The lowest BCUT2D eigenvalue weighted by Gasteiger charge is -2.02. The lowest BCUT2D eigenvalue weighted by Crippen LogP contribution is -2.03. The predicted molar refractivity (Wildman–Crippen MR) is 131 cm³/mol. The molecule has 6 aromatic heterocycles. The van der Waals surface area contributed by atoms with Crippen LogP contribution >= 0.6 is 0 Å². The number of nitrogens with one attached hydrogen (secondary N) is 2. The fourth-order valence-electron chi connectivity index (χ4n) is 3.61. The Hall–Kier alpha value is -5.59. The molecule has 13 heteroatoms. The van der Waals surface area contributed by atoms with Crippen molar-refractivity contribution in [3.05, 3.63) is 73.4 Å². The number of anilines is 4. The van der Waals surface area contributed by atoms with Crippen LogP contribution in [0.15, 0.2) is 81.7 Å². The summed E-state index contributed by atoms with van der Waals surface area (Å²) in [6, 6.07) is 7.09. The van der Waals surface area contributed by atoms with Gasteiger partial charge in [-0.3, -0.25) is 0 Å². The maximum atomic E-state index is 6.30. The van der Waals surface area contributed by atoms with Crippen LogP contribution in [0.1, 0.15) is 0 Å². The number of hydrogen-bond donors (Lipinski definition) is 4. The molecule has 0 saturated carbocycles. The second-order valence-electron chi connectivity index (χ2n) is 7.54. The van der Waals surface area contributed by atoms with Crippen molar-refractivity contribution in [3.8, 4) is 22.5 Å². The maximum absolute atomic E-state index is 6.30. The molecule has 176 valence electrons. The average Bonchev–Trinajstić information content (AvgIpc) is 3.61. The smallest absolute Gasteiger partial charge is 0.245 e. The predicted octanol–water partition coefficient (Wildman–Crippen LogP) is 3.20. The highest BCUT2D eigenvalue weighted by molar-refractivity contribution is 5.93. The van der Waals surface area contributed by atoms with Crippen LogP contribution in [0.4, 0.5) is 29.0 Å². The van der Waals surface area contributed by atoms with Crippen molar-refractivity contribution in [2.75, 3.05) is 16.8 Å². The topological polar surface area (TPSA) is 196 Å². The largest absolute Gasteiger partial charge is 0.446 e. The summed E-state index contributed by atoms with van der Waals surface area (Å²) in [4.78, 5) is 16.4. The van der Waals surface area contributed by atoms with Gasteiger partial charge in [-0.1, -0.05) is 0 Å². The van der Waals surface area contributed by atoms with Gasteiger partial charge in [-0.15, -0.1) is 0 Å². The number of H-pyrrole nitrogens is 1. The summed E-state index contributed by atoms with van der Waals surface area (Å²) < 4.78 is 11.3. The van der Waals surface area contributed by atoms with E-state index in [0.717, 1.165) is 0 Å². The minimum absolute atomic E-state index is 0.190. The molecule has 0 aliphatic carbocycles. The van der Waals surface area contributed by atoms with Gasteiger partial charge in [0.05, 0.1) is 22.5 Å². The number of rotatable bonds is 5. The van der Waals surface area contributed by atoms with Crippen molar-refractivity contribution in [2.24, 2.45) is 4.99 Å². The molecule has 0 bridgehead atoms. The van der Waals surface area contributed by atoms with Gasteiger partial charge in [-0.25, -0.2) is 9.97 Å². The van der Waals surface area contributed by atoms with Gasteiger partial charge in [0, 0.05) is 35.6 Å². The van der Waals surface area contributed by atoms with Crippen molar-refractivity contribution in [1.29, 1.82) is 0 Å². The van der Waals surface area contributed by atoms with Gasteiger partial charge in [-0.05, 0) is 24.3 Å². The first-order valence-corrected chi connectivity index (χ1v) is 10.6. The Balaban J connectivity index is 1.40. The van der Waals surface area contributed by atoms with Crippen LogP contribution < -0.4 is 22.3 Å². The van der Waals surface area contributed by atoms with E-state index < -0.39 is 0 Å². The van der Waals surface area contributed by atoms with Gasteiger partial charge < -0.3 is 30.6 Å². The van der Waals surface area contributed by atoms with Crippen LogP contribution in [0.5, 0.6) is 0 Å². The first-order chi connectivity index (χ1) is 17.7. The van der Waals surface area contributed by atoms with Crippen molar-refractivity contribution in [1.82, 2.24) is 35.3 Å². The Bertz CT molecular complexity index is 1740. The summed E-state index contributed by atoms with van der Waals surface area (Å²) in [6.45, 7) is 0. The van der Waals surface area contributed by atoms with E-state index in [-0.39, 0.29) is 5.88 Å². The standard InChI is InChI=1S/C23H17N11O2/c24-18-14(16-3-1-5-29-33-16)9-35-22(18)31-20-12-7-26-8-13(12)21(28-11-27-20)32-23-19(25)15(10-36-23)17-4-2-6-30-34-17/h1-11,26H,24-25H2,(H,27,28,31,32). The van der Waals surface area contributed by atoms with Gasteiger partial charge in [-0.2, -0.15) is 25.4 Å². The number of fused-ring (bicyclic) bond motifs is 1. The van der Waals surface area contributed by atoms with Gasteiger partial charge in [0.25, 0.3) is 0 Å². The zero-order valence-electron chi connectivity index (χ0n) is 18.5. The molecule has 6 N–H and O–H groups in total. The molecule has 0 aliphatic heterocycles. The number of aromatic nitrogens is 7. The zero-order valence-corrected chi connectivity index (χ0v) is 18.5. The number of nitrogen functional groups attached to an aromatic ring is 2. The van der Waals surface area contributed by atoms with Crippen LogP contribution in [0.3, 0.4) is 0 Å². The van der Waals surface area contributed by atoms with E-state index in [9.17, 15) is 0 Å². The fourth-order valence-corrected chi connectivity index (χ4v) is 3.61. The Morgan fingerprint density at radius 2 is 1.53 bits per heavy atom. The third kappa shape index (κ3) is 3.66. The Morgan fingerprint density at radius 1 is 0.833 bits per heavy atom. The first kappa shape index (κ1) is 21.0. The minimum atomic E-state index is 0.190. The van der Waals surface area contributed by atoms with Crippen LogP contribution in [0, 0.1) is 0 Å². The summed E-state index contributed by atoms with van der Waals surface area (Å²) in [6.07, 6.45) is 11.0. The second kappa shape index (κ2) is 8.64. The quantitative estimate of drug-likeness (QED) is 0.283. The molecule has 36 heavy (non-hydrogen) atoms. The summed E-state index contributed by atoms with van der Waals surface area (Å²) in [7, 11) is 0. The number of hydrogen-bond acceptors (Lipinski definition) is 12. The summed E-state index contributed by atoms with van der Waals surface area (Å²) in [5, 5.41) is 20.4. The maximum Gasteiger partial charge on any atom is 0.245 e. The number of aromatic amines is 1. The SMILES string of the molecule is Nc1c(-c2cccnn2)coc1/N=c1\ncnc(Nc2occ(-c3cccnn3)c2N)c2c[nH]cc12. The van der Waals surface area contributed by atoms with Crippen LogP contribution in [-0.2, 0) is 0 Å². The molecule has 6 aromatic rings. The third-order valence-corrected chi connectivity index (χ3v) is 5.38. The second-order valence-corrected chi connectivity index (χ2v) is 7.54. The first-order valence-electron chi connectivity index (χ1n) is 10.6. The minimum Gasteiger partial charge on any atom is -0.446 e. The van der Waals surface area contributed by atoms with Crippen molar-refractivity contribution >= 4 is 39.7 Å². The Labute approximate surface area is 202 Å². The van der Waals surface area contributed by atoms with Gasteiger partial charge in [0.1, 0.15) is 36.0 Å². The van der Waals surface area contributed by atoms with Gasteiger partial charge in [0.2, 0.25) is 11.8 Å². The number of nitrogens with two attached hydrogens (primary N) is 2. The van der Waals surface area contributed by atoms with E-state index in [1.54, 1.807) is 49.1 Å². The van der Waals surface area contributed by atoms with E-state index >= 15 is 0 Å². The molecular formula is C23H17N11O2.